The highest BCUT2D eigenvalue weighted by Crippen LogP contribution is 2.16. The number of hydrogen-bond acceptors (Lipinski definition) is 4. The van der Waals surface area contributed by atoms with E-state index in [9.17, 15) is 0 Å². The van der Waals surface area contributed by atoms with Gasteiger partial charge in [-0.3, -0.25) is 4.68 Å². The fourth-order valence-electron chi connectivity index (χ4n) is 1.95. The molecule has 5 heteroatoms. The summed E-state index contributed by atoms with van der Waals surface area (Å²) in [6.45, 7) is 3.06. The molecule has 0 aliphatic heterocycles. The lowest BCUT2D eigenvalue weighted by atomic mass is 10.0. The van der Waals surface area contributed by atoms with Crippen molar-refractivity contribution in [2.24, 2.45) is 5.73 Å². The van der Waals surface area contributed by atoms with Gasteiger partial charge in [0.15, 0.2) is 0 Å². The highest BCUT2D eigenvalue weighted by molar-refractivity contribution is 5.21. The summed E-state index contributed by atoms with van der Waals surface area (Å²) in [5.74, 6) is 0.619. The third kappa shape index (κ3) is 3.54. The lowest BCUT2D eigenvalue weighted by molar-refractivity contribution is 0.397. The maximum Gasteiger partial charge on any atom is 0.212 e. The summed E-state index contributed by atoms with van der Waals surface area (Å²) in [6.07, 6.45) is 7.48. The van der Waals surface area contributed by atoms with E-state index in [1.807, 2.05) is 29.2 Å². The van der Waals surface area contributed by atoms with Gasteiger partial charge in [0.2, 0.25) is 5.88 Å². The Morgan fingerprint density at radius 1 is 1.37 bits per heavy atom. The summed E-state index contributed by atoms with van der Waals surface area (Å²) >= 11 is 0. The van der Waals surface area contributed by atoms with Gasteiger partial charge < -0.3 is 10.5 Å². The van der Waals surface area contributed by atoms with Crippen LogP contribution in [0.15, 0.2) is 30.7 Å². The molecule has 0 fully saturated rings. The Morgan fingerprint density at radius 2 is 2.21 bits per heavy atom. The van der Waals surface area contributed by atoms with Crippen LogP contribution in [0.2, 0.25) is 0 Å². The number of nitrogens with two attached hydrogens (primary N) is 1. The van der Waals surface area contributed by atoms with E-state index in [0.29, 0.717) is 5.88 Å². The highest BCUT2D eigenvalue weighted by Gasteiger charge is 2.10. The third-order valence-corrected chi connectivity index (χ3v) is 3.00. The maximum absolute atomic E-state index is 6.19. The van der Waals surface area contributed by atoms with Crippen molar-refractivity contribution in [1.29, 1.82) is 0 Å². The molecule has 2 rings (SSSR count). The number of hydrogen-bond donors (Lipinski definition) is 1. The van der Waals surface area contributed by atoms with Crippen LogP contribution in [0, 0.1) is 0 Å². The van der Waals surface area contributed by atoms with Crippen LogP contribution in [0.1, 0.15) is 30.5 Å². The van der Waals surface area contributed by atoms with E-state index in [1.54, 1.807) is 13.3 Å². The standard InChI is InChI=1S/C14H20N4O/c1-3-6-18-10-12(9-17-18)13(15)7-11-4-5-14(19-2)16-8-11/h4-5,8-10,13H,3,6-7,15H2,1-2H3. The first-order chi connectivity index (χ1) is 9.22. The van der Waals surface area contributed by atoms with Gasteiger partial charge in [-0.1, -0.05) is 13.0 Å². The molecule has 0 saturated carbocycles. The quantitative estimate of drug-likeness (QED) is 0.862. The second kappa shape index (κ2) is 6.33. The summed E-state index contributed by atoms with van der Waals surface area (Å²) in [4.78, 5) is 4.18. The Labute approximate surface area is 113 Å². The first-order valence-corrected chi connectivity index (χ1v) is 6.49. The zero-order chi connectivity index (χ0) is 13.7. The van der Waals surface area contributed by atoms with Crippen LogP contribution >= 0.6 is 0 Å². The molecule has 0 aliphatic rings. The first kappa shape index (κ1) is 13.5. The minimum atomic E-state index is -0.0548. The summed E-state index contributed by atoms with van der Waals surface area (Å²) in [7, 11) is 1.61. The van der Waals surface area contributed by atoms with E-state index in [-0.39, 0.29) is 6.04 Å². The van der Waals surface area contributed by atoms with Crippen molar-refractivity contribution in [2.75, 3.05) is 7.11 Å². The number of rotatable bonds is 6. The predicted molar refractivity (Wildman–Crippen MR) is 73.9 cm³/mol. The van der Waals surface area contributed by atoms with Crippen LogP contribution in [0.4, 0.5) is 0 Å². The summed E-state index contributed by atoms with van der Waals surface area (Å²) < 4.78 is 6.97. The molecule has 0 radical (unpaired) electrons. The van der Waals surface area contributed by atoms with Gasteiger partial charge in [-0.25, -0.2) is 4.98 Å². The molecular formula is C14H20N4O. The summed E-state index contributed by atoms with van der Waals surface area (Å²) in [5, 5.41) is 4.30. The number of pyridine rings is 1. The van der Waals surface area contributed by atoms with Crippen molar-refractivity contribution < 1.29 is 4.74 Å². The number of nitrogens with zero attached hydrogens (tertiary/aromatic N) is 3. The topological polar surface area (TPSA) is 66.0 Å². The Hall–Kier alpha value is -1.88. The van der Waals surface area contributed by atoms with Crippen LogP contribution < -0.4 is 10.5 Å². The number of methoxy groups -OCH3 is 1. The van der Waals surface area contributed by atoms with Crippen LogP contribution in [-0.4, -0.2) is 21.9 Å². The molecule has 19 heavy (non-hydrogen) atoms. The monoisotopic (exact) mass is 260 g/mol. The number of aromatic nitrogens is 3. The van der Waals surface area contributed by atoms with Gasteiger partial charge in [0, 0.05) is 36.6 Å². The van der Waals surface area contributed by atoms with Crippen molar-refractivity contribution in [1.82, 2.24) is 14.8 Å². The van der Waals surface area contributed by atoms with Gasteiger partial charge in [-0.15, -0.1) is 0 Å². The van der Waals surface area contributed by atoms with E-state index in [4.69, 9.17) is 10.5 Å². The number of aryl methyl sites for hydroxylation is 1. The third-order valence-electron chi connectivity index (χ3n) is 3.00. The molecule has 102 valence electrons. The van der Waals surface area contributed by atoms with Crippen LogP contribution in [0.25, 0.3) is 0 Å². The van der Waals surface area contributed by atoms with Gasteiger partial charge in [-0.05, 0) is 18.4 Å². The summed E-state index contributed by atoms with van der Waals surface area (Å²) in [6, 6.07) is 3.78. The molecule has 0 bridgehead atoms. The molecule has 0 saturated heterocycles. The molecule has 1 atom stereocenters. The van der Waals surface area contributed by atoms with Crippen LogP contribution in [0.3, 0.4) is 0 Å². The van der Waals surface area contributed by atoms with Crippen molar-refractivity contribution in [2.45, 2.75) is 32.4 Å². The maximum atomic E-state index is 6.19. The fraction of sp³-hybridized carbons (Fsp3) is 0.429. The molecule has 0 aliphatic carbocycles. The average molecular weight is 260 g/mol. The Balaban J connectivity index is 2.00. The molecular weight excluding hydrogens is 240 g/mol. The van der Waals surface area contributed by atoms with Crippen molar-refractivity contribution in [3.05, 3.63) is 41.9 Å². The zero-order valence-electron chi connectivity index (χ0n) is 11.4. The zero-order valence-corrected chi connectivity index (χ0v) is 11.4. The summed E-state index contributed by atoms with van der Waals surface area (Å²) in [5.41, 5.74) is 8.35. The van der Waals surface area contributed by atoms with Crippen LogP contribution in [-0.2, 0) is 13.0 Å². The molecule has 2 aromatic heterocycles. The van der Waals surface area contributed by atoms with Crippen molar-refractivity contribution >= 4 is 0 Å². The molecule has 0 spiro atoms. The van der Waals surface area contributed by atoms with Gasteiger partial charge in [0.1, 0.15) is 0 Å². The molecule has 0 aromatic carbocycles. The SMILES string of the molecule is CCCn1cc(C(N)Cc2ccc(OC)nc2)cn1. The molecule has 2 aromatic rings. The highest BCUT2D eigenvalue weighted by atomic mass is 16.5. The second-order valence-electron chi connectivity index (χ2n) is 4.56. The Morgan fingerprint density at radius 3 is 2.84 bits per heavy atom. The van der Waals surface area contributed by atoms with Gasteiger partial charge in [-0.2, -0.15) is 5.10 Å². The average Bonchev–Trinajstić information content (AvgIpc) is 2.89. The second-order valence-corrected chi connectivity index (χ2v) is 4.56. The normalized spacial score (nSPS) is 12.4. The van der Waals surface area contributed by atoms with E-state index in [2.05, 4.69) is 17.0 Å². The fourth-order valence-corrected chi connectivity index (χ4v) is 1.95. The van der Waals surface area contributed by atoms with Gasteiger partial charge >= 0.3 is 0 Å². The Kier molecular flexibility index (Phi) is 4.52. The minimum Gasteiger partial charge on any atom is -0.481 e. The lowest BCUT2D eigenvalue weighted by Gasteiger charge is -2.09. The van der Waals surface area contributed by atoms with Crippen LogP contribution in [0.5, 0.6) is 5.88 Å². The van der Waals surface area contributed by atoms with Gasteiger partial charge in [0.25, 0.3) is 0 Å². The first-order valence-electron chi connectivity index (χ1n) is 6.49. The minimum absolute atomic E-state index is 0.0548. The van der Waals surface area contributed by atoms with Crippen molar-refractivity contribution in [3.63, 3.8) is 0 Å². The van der Waals surface area contributed by atoms with Gasteiger partial charge in [0.05, 0.1) is 13.3 Å². The molecule has 5 nitrogen and oxygen atoms in total. The lowest BCUT2D eigenvalue weighted by Crippen LogP contribution is -2.13. The molecule has 2 N–H and O–H groups in total. The molecule has 2 heterocycles. The molecule has 1 unspecified atom stereocenters. The largest absolute Gasteiger partial charge is 0.481 e. The number of ether oxygens (including phenoxy) is 1. The Bertz CT molecular complexity index is 506. The van der Waals surface area contributed by atoms with Crippen molar-refractivity contribution in [3.8, 4) is 5.88 Å². The predicted octanol–water partition coefficient (Wildman–Crippen LogP) is 1.94. The van der Waals surface area contributed by atoms with E-state index in [1.165, 1.54) is 0 Å². The van der Waals surface area contributed by atoms with E-state index < -0.39 is 0 Å². The van der Waals surface area contributed by atoms with E-state index in [0.717, 1.165) is 30.5 Å². The van der Waals surface area contributed by atoms with E-state index >= 15 is 0 Å². The smallest absolute Gasteiger partial charge is 0.212 e. The molecule has 0 amide bonds.